The highest BCUT2D eigenvalue weighted by molar-refractivity contribution is 14.0. The lowest BCUT2D eigenvalue weighted by Gasteiger charge is -2.41. The molecule has 0 atom stereocenters. The van der Waals surface area contributed by atoms with Crippen molar-refractivity contribution >= 4 is 35.8 Å². The lowest BCUT2D eigenvalue weighted by molar-refractivity contribution is -0.00834. The first-order chi connectivity index (χ1) is 13.5. The van der Waals surface area contributed by atoms with Crippen molar-refractivity contribution in [3.63, 3.8) is 0 Å². The van der Waals surface area contributed by atoms with Gasteiger partial charge in [0.2, 0.25) is 0 Å². The molecule has 1 aliphatic rings. The van der Waals surface area contributed by atoms with Gasteiger partial charge in [-0.3, -0.25) is 14.7 Å². The number of rotatable bonds is 8. The van der Waals surface area contributed by atoms with Crippen molar-refractivity contribution in [2.24, 2.45) is 4.99 Å². The Morgan fingerprint density at radius 3 is 2.59 bits per heavy atom. The van der Waals surface area contributed by atoms with E-state index >= 15 is 0 Å². The van der Waals surface area contributed by atoms with Crippen molar-refractivity contribution in [1.29, 1.82) is 0 Å². The van der Waals surface area contributed by atoms with Gasteiger partial charge in [-0.2, -0.15) is 0 Å². The molecule has 0 aromatic heterocycles. The number of aliphatic imine (C=N–C) groups is 1. The van der Waals surface area contributed by atoms with Crippen molar-refractivity contribution in [2.45, 2.75) is 39.3 Å². The zero-order valence-corrected chi connectivity index (χ0v) is 20.4. The number of hydrogen-bond donors (Lipinski definition) is 3. The maximum absolute atomic E-state index is 12.1. The molecular weight excluding hydrogens is 481 g/mol. The summed E-state index contributed by atoms with van der Waals surface area (Å²) in [5, 5.41) is 9.67. The molecule has 0 radical (unpaired) electrons. The number of carbonyl (C=O) groups is 1. The second-order valence-corrected chi connectivity index (χ2v) is 7.65. The van der Waals surface area contributed by atoms with E-state index in [1.165, 1.54) is 0 Å². The number of nitrogens with zero attached hydrogens (tertiary/aromatic N) is 2. The summed E-state index contributed by atoms with van der Waals surface area (Å²) in [5.74, 6) is 0.723. The minimum atomic E-state index is -0.0292. The van der Waals surface area contributed by atoms with E-state index in [0.29, 0.717) is 18.7 Å². The Labute approximate surface area is 192 Å². The zero-order chi connectivity index (χ0) is 20.4. The highest BCUT2D eigenvalue weighted by atomic mass is 127. The van der Waals surface area contributed by atoms with Crippen molar-refractivity contribution in [2.75, 3.05) is 46.4 Å². The fourth-order valence-electron chi connectivity index (χ4n) is 3.15. The molecule has 1 aromatic rings. The molecule has 8 heteroatoms. The van der Waals surface area contributed by atoms with Gasteiger partial charge >= 0.3 is 0 Å². The molecule has 0 spiro atoms. The van der Waals surface area contributed by atoms with E-state index in [-0.39, 0.29) is 35.4 Å². The smallest absolute Gasteiger partial charge is 0.251 e. The molecule has 1 saturated heterocycles. The average molecular weight is 517 g/mol. The number of ether oxygens (including phenoxy) is 1. The molecule has 2 rings (SSSR count). The molecule has 0 unspecified atom stereocenters. The molecule has 0 bridgehead atoms. The first-order valence-corrected chi connectivity index (χ1v) is 10.1. The Morgan fingerprint density at radius 1 is 1.21 bits per heavy atom. The molecule has 3 N–H and O–H groups in total. The second-order valence-electron chi connectivity index (χ2n) is 7.65. The Kier molecular flexibility index (Phi) is 11.5. The van der Waals surface area contributed by atoms with Crippen LogP contribution in [0.4, 0.5) is 0 Å². The van der Waals surface area contributed by atoms with Gasteiger partial charge in [-0.05, 0) is 38.0 Å². The summed E-state index contributed by atoms with van der Waals surface area (Å²) in [6, 6.07) is 7.68. The molecule has 1 aromatic carbocycles. The molecule has 7 nitrogen and oxygen atoms in total. The van der Waals surface area contributed by atoms with Crippen molar-refractivity contribution in [3.05, 3.63) is 35.4 Å². The number of morpholine rings is 1. The summed E-state index contributed by atoms with van der Waals surface area (Å²) in [7, 11) is 1.77. The molecule has 1 fully saturated rings. The normalized spacial score (nSPS) is 15.4. The van der Waals surface area contributed by atoms with Crippen LogP contribution < -0.4 is 16.0 Å². The van der Waals surface area contributed by atoms with E-state index in [1.807, 2.05) is 31.2 Å². The van der Waals surface area contributed by atoms with Gasteiger partial charge in [0.05, 0.1) is 13.2 Å². The van der Waals surface area contributed by atoms with E-state index < -0.39 is 0 Å². The van der Waals surface area contributed by atoms with E-state index in [9.17, 15) is 4.79 Å². The predicted octanol–water partition coefficient (Wildman–Crippen LogP) is 2.22. The maximum Gasteiger partial charge on any atom is 0.251 e. The topological polar surface area (TPSA) is 78.0 Å². The third-order valence-electron chi connectivity index (χ3n) is 4.96. The van der Waals surface area contributed by atoms with Crippen LogP contribution in [0.1, 0.15) is 43.1 Å². The number of guanidine groups is 1. The van der Waals surface area contributed by atoms with Crippen LogP contribution in [-0.2, 0) is 11.3 Å². The second kappa shape index (κ2) is 13.0. The highest BCUT2D eigenvalue weighted by Gasteiger charge is 2.28. The van der Waals surface area contributed by atoms with Crippen LogP contribution in [-0.4, -0.2) is 68.7 Å². The molecule has 29 heavy (non-hydrogen) atoms. The summed E-state index contributed by atoms with van der Waals surface area (Å²) in [4.78, 5) is 18.9. The number of hydrogen-bond acceptors (Lipinski definition) is 4. The molecule has 0 saturated carbocycles. The largest absolute Gasteiger partial charge is 0.379 e. The van der Waals surface area contributed by atoms with Gasteiger partial charge < -0.3 is 20.7 Å². The van der Waals surface area contributed by atoms with Gasteiger partial charge in [0, 0.05) is 50.9 Å². The van der Waals surface area contributed by atoms with E-state index in [1.54, 1.807) is 7.05 Å². The summed E-state index contributed by atoms with van der Waals surface area (Å²) in [6.07, 6.45) is 0.926. The first-order valence-electron chi connectivity index (χ1n) is 10.1. The standard InChI is InChI=1S/C21H35N5O2.HI/c1-5-9-23-19(27)18-8-6-7-17(14-18)15-24-20(22-4)25-16-21(2,3)26-10-12-28-13-11-26;/h6-8,14H,5,9-13,15-16H2,1-4H3,(H,23,27)(H2,22,24,25);1H. The molecule has 0 aliphatic carbocycles. The third kappa shape index (κ3) is 8.47. The first kappa shape index (κ1) is 25.6. The Bertz CT molecular complexity index is 660. The summed E-state index contributed by atoms with van der Waals surface area (Å²) in [5.41, 5.74) is 1.74. The van der Waals surface area contributed by atoms with Crippen LogP contribution >= 0.6 is 24.0 Å². The molecule has 1 heterocycles. The van der Waals surface area contributed by atoms with Gasteiger partial charge in [-0.15, -0.1) is 24.0 Å². The van der Waals surface area contributed by atoms with Gasteiger partial charge in [0.1, 0.15) is 0 Å². The van der Waals surface area contributed by atoms with Gasteiger partial charge in [-0.25, -0.2) is 0 Å². The SMILES string of the molecule is CCCNC(=O)c1cccc(CNC(=NC)NCC(C)(C)N2CCOCC2)c1.I. The fraction of sp³-hybridized carbons (Fsp3) is 0.619. The van der Waals surface area contributed by atoms with Crippen LogP contribution in [0, 0.1) is 0 Å². The van der Waals surface area contributed by atoms with Crippen molar-refractivity contribution in [1.82, 2.24) is 20.9 Å². The minimum absolute atomic E-state index is 0. The van der Waals surface area contributed by atoms with Crippen molar-refractivity contribution < 1.29 is 9.53 Å². The molecule has 1 aliphatic heterocycles. The van der Waals surface area contributed by atoms with Crippen LogP contribution in [0.3, 0.4) is 0 Å². The quantitative estimate of drug-likeness (QED) is 0.280. The molecular formula is C21H36IN5O2. The number of benzene rings is 1. The van der Waals surface area contributed by atoms with Crippen LogP contribution in [0.5, 0.6) is 0 Å². The summed E-state index contributed by atoms with van der Waals surface area (Å²) < 4.78 is 5.45. The van der Waals surface area contributed by atoms with E-state index in [2.05, 4.69) is 39.7 Å². The lowest BCUT2D eigenvalue weighted by atomic mass is 10.0. The monoisotopic (exact) mass is 517 g/mol. The average Bonchev–Trinajstić information content (AvgIpc) is 2.73. The Balaban J connectivity index is 0.00000420. The lowest BCUT2D eigenvalue weighted by Crippen LogP contribution is -2.56. The van der Waals surface area contributed by atoms with Crippen LogP contribution in [0.25, 0.3) is 0 Å². The highest BCUT2D eigenvalue weighted by Crippen LogP contribution is 2.15. The number of amides is 1. The zero-order valence-electron chi connectivity index (χ0n) is 18.1. The summed E-state index contributed by atoms with van der Waals surface area (Å²) >= 11 is 0. The van der Waals surface area contributed by atoms with E-state index in [4.69, 9.17) is 4.74 Å². The Hall–Kier alpha value is -1.39. The van der Waals surface area contributed by atoms with Gasteiger partial charge in [-0.1, -0.05) is 19.1 Å². The molecule has 1 amide bonds. The fourth-order valence-corrected chi connectivity index (χ4v) is 3.15. The van der Waals surface area contributed by atoms with Gasteiger partial charge in [0.15, 0.2) is 5.96 Å². The minimum Gasteiger partial charge on any atom is -0.379 e. The van der Waals surface area contributed by atoms with Gasteiger partial charge in [0.25, 0.3) is 5.91 Å². The molecule has 164 valence electrons. The number of halogens is 1. The number of carbonyl (C=O) groups excluding carboxylic acids is 1. The number of nitrogens with one attached hydrogen (secondary N) is 3. The Morgan fingerprint density at radius 2 is 1.93 bits per heavy atom. The predicted molar refractivity (Wildman–Crippen MR) is 129 cm³/mol. The van der Waals surface area contributed by atoms with Crippen LogP contribution in [0.2, 0.25) is 0 Å². The maximum atomic E-state index is 12.1. The van der Waals surface area contributed by atoms with E-state index in [0.717, 1.165) is 50.8 Å². The van der Waals surface area contributed by atoms with Crippen LogP contribution in [0.15, 0.2) is 29.3 Å². The summed E-state index contributed by atoms with van der Waals surface area (Å²) in [6.45, 7) is 12.1. The third-order valence-corrected chi connectivity index (χ3v) is 4.96. The van der Waals surface area contributed by atoms with Crippen molar-refractivity contribution in [3.8, 4) is 0 Å².